The maximum Gasteiger partial charge on any atom is 0.0754 e. The van der Waals surface area contributed by atoms with Gasteiger partial charge >= 0.3 is 0 Å². The van der Waals surface area contributed by atoms with Crippen LogP contribution in [0.1, 0.15) is 69.5 Å². The fraction of sp³-hybridized carbons (Fsp3) is 0.0617. The monoisotopic (exact) mass is 1050 g/mol. The summed E-state index contributed by atoms with van der Waals surface area (Å²) in [6.45, 7) is 4.77. The highest BCUT2D eigenvalue weighted by Crippen LogP contribution is 2.62. The van der Waals surface area contributed by atoms with Gasteiger partial charge in [-0.3, -0.25) is 0 Å². The molecule has 83 heavy (non-hydrogen) atoms. The Balaban J connectivity index is 0.811. The molecule has 1 unspecified atom stereocenters. The Morgan fingerprint density at radius 1 is 0.289 bits per heavy atom. The molecule has 0 amide bonds. The van der Waals surface area contributed by atoms with Crippen LogP contribution < -0.4 is 4.90 Å². The molecule has 2 heteroatoms. The lowest BCUT2D eigenvalue weighted by Gasteiger charge is -2.39. The van der Waals surface area contributed by atoms with E-state index in [9.17, 15) is 0 Å². The topological polar surface area (TPSA) is 8.17 Å². The van der Waals surface area contributed by atoms with Crippen LogP contribution in [0.3, 0.4) is 0 Å². The van der Waals surface area contributed by atoms with Gasteiger partial charge in [-0.1, -0.05) is 244 Å². The predicted octanol–water partition coefficient (Wildman–Crippen LogP) is 20.4. The van der Waals surface area contributed by atoms with Crippen LogP contribution in [0.15, 0.2) is 291 Å². The first kappa shape index (κ1) is 46.5. The van der Waals surface area contributed by atoms with Gasteiger partial charge in [0.2, 0.25) is 0 Å². The van der Waals surface area contributed by atoms with Crippen LogP contribution in [0.4, 0.5) is 17.1 Å². The molecule has 1 aliphatic heterocycles. The largest absolute Gasteiger partial charge is 0.310 e. The van der Waals surface area contributed by atoms with Crippen molar-refractivity contribution < 1.29 is 0 Å². The van der Waals surface area contributed by atoms with Gasteiger partial charge in [-0.2, -0.15) is 0 Å². The molecule has 388 valence electrons. The van der Waals surface area contributed by atoms with Crippen LogP contribution in [0.5, 0.6) is 0 Å². The summed E-state index contributed by atoms with van der Waals surface area (Å²) in [4.78, 5) is 2.51. The first-order chi connectivity index (χ1) is 40.9. The number of hydrogen-bond donors (Lipinski definition) is 0. The van der Waals surface area contributed by atoms with E-state index in [1.54, 1.807) is 0 Å². The van der Waals surface area contributed by atoms with E-state index in [1.807, 2.05) is 0 Å². The van der Waals surface area contributed by atoms with E-state index in [2.05, 4.69) is 315 Å². The number of hydrogen-bond acceptors (Lipinski definition) is 1. The van der Waals surface area contributed by atoms with Crippen LogP contribution in [-0.2, 0) is 16.2 Å². The van der Waals surface area contributed by atoms with Crippen molar-refractivity contribution in [1.29, 1.82) is 0 Å². The molecule has 18 rings (SSSR count). The van der Waals surface area contributed by atoms with Gasteiger partial charge in [0, 0.05) is 33.2 Å². The Morgan fingerprint density at radius 3 is 1.47 bits per heavy atom. The molecule has 14 aromatic rings. The van der Waals surface area contributed by atoms with E-state index in [0.717, 1.165) is 17.1 Å². The second-order valence-electron chi connectivity index (χ2n) is 23.9. The quantitative estimate of drug-likeness (QED) is 0.161. The Bertz CT molecular complexity index is 5040. The number of nitrogens with zero attached hydrogens (tertiary/aromatic N) is 2. The van der Waals surface area contributed by atoms with Gasteiger partial charge in [0.05, 0.1) is 27.6 Å². The van der Waals surface area contributed by atoms with E-state index < -0.39 is 10.8 Å². The molecule has 1 aromatic heterocycles. The van der Waals surface area contributed by atoms with Crippen molar-refractivity contribution in [3.63, 3.8) is 0 Å². The molecule has 0 fully saturated rings. The average Bonchev–Trinajstić information content (AvgIpc) is 1.61. The standard InChI is InChI=1S/C81H54N2/c1-79(2)68-29-13-9-24-60(68)63-44-41-58(49-73(63)79)82(59-42-45-65-61-25-10-14-30-69(61)80(75(65)50-59,55-20-5-3-6-21-55)56-22-7-4-8-23-56)57-40-38-52-46-51(36-37-53(52)47-57)54-39-43-64-62-26-11-15-31-70(62)81(74(64)48-54)71-32-16-18-35-77(71)83-76-34-17-12-27-66(76)67-28-19-33-72(81)78(67)83/h3-50H,1-2H3. The summed E-state index contributed by atoms with van der Waals surface area (Å²) in [5, 5.41) is 4.96. The van der Waals surface area contributed by atoms with Gasteiger partial charge in [-0.25, -0.2) is 0 Å². The number of fused-ring (bicyclic) bond motifs is 19. The van der Waals surface area contributed by atoms with Crippen molar-refractivity contribution in [2.45, 2.75) is 30.1 Å². The summed E-state index contributed by atoms with van der Waals surface area (Å²) >= 11 is 0. The van der Waals surface area contributed by atoms with E-state index in [-0.39, 0.29) is 5.41 Å². The summed E-state index contributed by atoms with van der Waals surface area (Å²) < 4.78 is 2.53. The first-order valence-electron chi connectivity index (χ1n) is 29.2. The smallest absolute Gasteiger partial charge is 0.0754 e. The van der Waals surface area contributed by atoms with Gasteiger partial charge < -0.3 is 9.47 Å². The Labute approximate surface area is 483 Å². The van der Waals surface area contributed by atoms with Crippen molar-refractivity contribution in [3.8, 4) is 50.2 Å². The molecule has 2 heterocycles. The third kappa shape index (κ3) is 6.07. The highest BCUT2D eigenvalue weighted by molar-refractivity contribution is 6.13. The molecular weight excluding hydrogens is 1000 g/mol. The van der Waals surface area contributed by atoms with E-state index in [4.69, 9.17) is 0 Å². The summed E-state index contributed by atoms with van der Waals surface area (Å²) in [6, 6.07) is 110. The molecule has 1 atom stereocenters. The van der Waals surface area contributed by atoms with E-state index in [0.29, 0.717) is 0 Å². The van der Waals surface area contributed by atoms with Gasteiger partial charge in [0.25, 0.3) is 0 Å². The third-order valence-electron chi connectivity index (χ3n) is 19.6. The normalized spacial score (nSPS) is 15.8. The zero-order valence-electron chi connectivity index (χ0n) is 46.1. The van der Waals surface area contributed by atoms with Crippen LogP contribution in [-0.4, -0.2) is 4.57 Å². The summed E-state index contributed by atoms with van der Waals surface area (Å²) in [7, 11) is 0. The van der Waals surface area contributed by atoms with Crippen LogP contribution in [0, 0.1) is 0 Å². The van der Waals surface area contributed by atoms with Gasteiger partial charge in [0.15, 0.2) is 0 Å². The Hall–Kier alpha value is -10.3. The molecule has 2 nitrogen and oxygen atoms in total. The summed E-state index contributed by atoms with van der Waals surface area (Å²) in [5.74, 6) is 0. The average molecular weight is 1060 g/mol. The van der Waals surface area contributed by atoms with Crippen LogP contribution in [0.2, 0.25) is 0 Å². The van der Waals surface area contributed by atoms with Crippen LogP contribution >= 0.6 is 0 Å². The van der Waals surface area contributed by atoms with Gasteiger partial charge in [-0.15, -0.1) is 0 Å². The number of anilines is 3. The van der Waals surface area contributed by atoms with Crippen molar-refractivity contribution in [2.75, 3.05) is 4.90 Å². The Kier molecular flexibility index (Phi) is 9.46. The molecule has 0 saturated carbocycles. The number of para-hydroxylation sites is 3. The molecule has 4 aliphatic rings. The minimum atomic E-state index is -0.537. The van der Waals surface area contributed by atoms with Crippen molar-refractivity contribution in [2.24, 2.45) is 0 Å². The van der Waals surface area contributed by atoms with Crippen molar-refractivity contribution in [3.05, 3.63) is 347 Å². The summed E-state index contributed by atoms with van der Waals surface area (Å²) in [5.41, 5.74) is 29.2. The highest BCUT2D eigenvalue weighted by Gasteiger charge is 2.51. The fourth-order valence-electron chi connectivity index (χ4n) is 16.1. The minimum absolute atomic E-state index is 0.170. The highest BCUT2D eigenvalue weighted by atomic mass is 15.1. The number of benzene rings is 13. The lowest BCUT2D eigenvalue weighted by molar-refractivity contribution is 0.660. The van der Waals surface area contributed by atoms with Crippen molar-refractivity contribution >= 4 is 49.6 Å². The molecular formula is C81H54N2. The van der Waals surface area contributed by atoms with Crippen molar-refractivity contribution in [1.82, 2.24) is 4.57 Å². The summed E-state index contributed by atoms with van der Waals surface area (Å²) in [6.07, 6.45) is 0. The molecule has 0 saturated heterocycles. The second-order valence-corrected chi connectivity index (χ2v) is 23.9. The lowest BCUT2D eigenvalue weighted by atomic mass is 9.65. The van der Waals surface area contributed by atoms with Gasteiger partial charge in [-0.05, 0) is 172 Å². The molecule has 13 aromatic carbocycles. The molecule has 0 radical (unpaired) electrons. The van der Waals surface area contributed by atoms with E-state index >= 15 is 0 Å². The minimum Gasteiger partial charge on any atom is -0.310 e. The second kappa shape index (κ2) is 16.9. The van der Waals surface area contributed by atoms with E-state index in [1.165, 1.54) is 138 Å². The molecule has 0 N–H and O–H groups in total. The Morgan fingerprint density at radius 2 is 0.747 bits per heavy atom. The fourth-order valence-corrected chi connectivity index (χ4v) is 16.1. The van der Waals surface area contributed by atoms with Gasteiger partial charge in [0.1, 0.15) is 0 Å². The molecule has 3 aliphatic carbocycles. The zero-order valence-corrected chi connectivity index (χ0v) is 46.1. The van der Waals surface area contributed by atoms with Crippen LogP contribution in [0.25, 0.3) is 82.8 Å². The SMILES string of the molecule is CC1(C)c2ccccc2-c2ccc(N(c3ccc4c(c3)C(c3ccccc3)(c3ccccc3)c3ccccc3-4)c3ccc4cc(-c5ccc6c(c5)C5(c7ccccc7-6)c6ccccc6-n6c7ccccc7c7cccc5c76)ccc4c3)cc21. The maximum absolute atomic E-state index is 2.53. The lowest BCUT2D eigenvalue weighted by Crippen LogP contribution is -2.33. The predicted molar refractivity (Wildman–Crippen MR) is 344 cm³/mol. The first-order valence-corrected chi connectivity index (χ1v) is 29.2. The molecule has 0 bridgehead atoms. The molecule has 1 spiro atoms. The number of aromatic nitrogens is 1. The number of rotatable bonds is 6. The third-order valence-corrected chi connectivity index (χ3v) is 19.6. The maximum atomic E-state index is 2.53. The zero-order chi connectivity index (χ0) is 54.8.